The van der Waals surface area contributed by atoms with E-state index in [1.807, 2.05) is 19.1 Å². The Morgan fingerprint density at radius 3 is 2.17 bits per heavy atom. The second-order valence-electron chi connectivity index (χ2n) is 5.21. The predicted molar refractivity (Wildman–Crippen MR) is 90.9 cm³/mol. The van der Waals surface area contributed by atoms with Crippen LogP contribution in [0.15, 0.2) is 71.6 Å². The molecule has 3 rings (SSSR count). The molecule has 118 valence electrons. The third-order valence-corrected chi connectivity index (χ3v) is 6.88. The summed E-state index contributed by atoms with van der Waals surface area (Å²) in [5.74, 6) is -0.721. The number of hydrogen-bond acceptors (Lipinski definition) is 3. The molecule has 0 amide bonds. The van der Waals surface area contributed by atoms with Crippen molar-refractivity contribution in [1.29, 1.82) is 0 Å². The average Bonchev–Trinajstić information content (AvgIpc) is 2.94. The van der Waals surface area contributed by atoms with Gasteiger partial charge in [-0.05, 0) is 36.8 Å². The summed E-state index contributed by atoms with van der Waals surface area (Å²) in [5, 5.41) is -0.903. The lowest BCUT2D eigenvalue weighted by Crippen LogP contribution is -2.15. The van der Waals surface area contributed by atoms with Crippen LogP contribution in [0.25, 0.3) is 0 Å². The highest BCUT2D eigenvalue weighted by molar-refractivity contribution is 7.92. The van der Waals surface area contributed by atoms with Gasteiger partial charge in [0.25, 0.3) is 0 Å². The maximum atomic E-state index is 14.1. The Morgan fingerprint density at radius 1 is 0.913 bits per heavy atom. The number of halogens is 1. The van der Waals surface area contributed by atoms with Gasteiger partial charge >= 0.3 is 0 Å². The van der Waals surface area contributed by atoms with Gasteiger partial charge in [-0.25, -0.2) is 12.8 Å². The van der Waals surface area contributed by atoms with Gasteiger partial charge < -0.3 is 0 Å². The Morgan fingerprint density at radius 2 is 1.57 bits per heavy atom. The van der Waals surface area contributed by atoms with E-state index in [1.54, 1.807) is 30.3 Å². The van der Waals surface area contributed by atoms with Crippen molar-refractivity contribution in [2.24, 2.45) is 0 Å². The van der Waals surface area contributed by atoms with Gasteiger partial charge in [-0.15, -0.1) is 11.3 Å². The molecule has 0 N–H and O–H groups in total. The van der Waals surface area contributed by atoms with Crippen LogP contribution in [0.1, 0.15) is 20.6 Å². The molecule has 0 saturated carbocycles. The van der Waals surface area contributed by atoms with Crippen LogP contribution in [0, 0.1) is 12.7 Å². The minimum atomic E-state index is -3.89. The van der Waals surface area contributed by atoms with E-state index in [-0.39, 0.29) is 4.90 Å². The Hall–Kier alpha value is -1.98. The predicted octanol–water partition coefficient (Wildman–Crippen LogP) is 4.76. The van der Waals surface area contributed by atoms with E-state index in [0.29, 0.717) is 10.4 Å². The molecule has 0 spiro atoms. The van der Waals surface area contributed by atoms with Gasteiger partial charge in [-0.3, -0.25) is 0 Å². The normalized spacial score (nSPS) is 13.0. The summed E-state index contributed by atoms with van der Waals surface area (Å²) in [5.41, 5.74) is 0.637. The molecule has 2 aromatic carbocycles. The number of benzene rings is 2. The highest BCUT2D eigenvalue weighted by Gasteiger charge is 2.33. The first-order chi connectivity index (χ1) is 11.0. The fourth-order valence-electron chi connectivity index (χ4n) is 2.52. The summed E-state index contributed by atoms with van der Waals surface area (Å²) in [6.07, 6.45) is 0. The van der Waals surface area contributed by atoms with Crippen molar-refractivity contribution in [2.75, 3.05) is 0 Å². The van der Waals surface area contributed by atoms with E-state index in [4.69, 9.17) is 0 Å². The van der Waals surface area contributed by atoms with E-state index in [2.05, 4.69) is 0 Å². The van der Waals surface area contributed by atoms with Crippen LogP contribution >= 0.6 is 11.3 Å². The summed E-state index contributed by atoms with van der Waals surface area (Å²) in [4.78, 5) is 1.45. The molecule has 0 aliphatic carbocycles. The molecule has 5 heteroatoms. The number of sulfone groups is 1. The molecule has 0 saturated heterocycles. The van der Waals surface area contributed by atoms with Crippen LogP contribution in [-0.4, -0.2) is 8.42 Å². The third-order valence-electron chi connectivity index (χ3n) is 3.58. The van der Waals surface area contributed by atoms with Crippen molar-refractivity contribution < 1.29 is 12.8 Å². The maximum absolute atomic E-state index is 14.1. The third kappa shape index (κ3) is 3.07. The highest BCUT2D eigenvalue weighted by atomic mass is 32.2. The minimum absolute atomic E-state index is 0.264. The van der Waals surface area contributed by atoms with Crippen LogP contribution in [0.4, 0.5) is 4.39 Å². The van der Waals surface area contributed by atoms with Gasteiger partial charge in [0, 0.05) is 9.75 Å². The SMILES string of the molecule is Cc1ccc(C(c2ccccc2)S(=O)(=O)c2ccccc2F)s1. The average molecular weight is 346 g/mol. The molecule has 2 nitrogen and oxygen atoms in total. The molecule has 1 aromatic heterocycles. The standard InChI is InChI=1S/C18H15FO2S2/c1-13-11-12-16(22-13)18(14-7-3-2-4-8-14)23(20,21)17-10-6-5-9-15(17)19/h2-12,18H,1H3. The smallest absolute Gasteiger partial charge is 0.193 e. The van der Waals surface area contributed by atoms with Crippen LogP contribution in [0.2, 0.25) is 0 Å². The second kappa shape index (κ2) is 6.26. The summed E-state index contributed by atoms with van der Waals surface area (Å²) < 4.78 is 40.4. The summed E-state index contributed by atoms with van der Waals surface area (Å²) in [6, 6.07) is 18.1. The van der Waals surface area contributed by atoms with Crippen LogP contribution in [0.3, 0.4) is 0 Å². The first-order valence-electron chi connectivity index (χ1n) is 7.10. The van der Waals surface area contributed by atoms with Crippen molar-refractivity contribution in [3.8, 4) is 0 Å². The lowest BCUT2D eigenvalue weighted by atomic mass is 10.1. The topological polar surface area (TPSA) is 34.1 Å². The van der Waals surface area contributed by atoms with Gasteiger partial charge in [0.05, 0.1) is 0 Å². The molecule has 0 aliphatic heterocycles. The van der Waals surface area contributed by atoms with Crippen LogP contribution < -0.4 is 0 Å². The lowest BCUT2D eigenvalue weighted by molar-refractivity contribution is 0.562. The zero-order valence-corrected chi connectivity index (χ0v) is 14.1. The van der Waals surface area contributed by atoms with E-state index < -0.39 is 20.9 Å². The van der Waals surface area contributed by atoms with E-state index >= 15 is 0 Å². The van der Waals surface area contributed by atoms with Crippen molar-refractivity contribution in [2.45, 2.75) is 17.1 Å². The Bertz CT molecular complexity index is 915. The zero-order chi connectivity index (χ0) is 16.4. The molecular weight excluding hydrogens is 331 g/mol. The van der Waals surface area contributed by atoms with Gasteiger partial charge in [0.15, 0.2) is 9.84 Å². The van der Waals surface area contributed by atoms with Crippen molar-refractivity contribution in [3.05, 3.63) is 87.9 Å². The largest absolute Gasteiger partial charge is 0.223 e. The van der Waals surface area contributed by atoms with Crippen molar-refractivity contribution >= 4 is 21.2 Å². The highest BCUT2D eigenvalue weighted by Crippen LogP contribution is 2.38. The molecule has 1 atom stereocenters. The second-order valence-corrected chi connectivity index (χ2v) is 8.54. The Kier molecular flexibility index (Phi) is 4.33. The van der Waals surface area contributed by atoms with Crippen LogP contribution in [0.5, 0.6) is 0 Å². The zero-order valence-electron chi connectivity index (χ0n) is 12.4. The number of aryl methyl sites for hydroxylation is 1. The van der Waals surface area contributed by atoms with Gasteiger partial charge in [0.2, 0.25) is 0 Å². The summed E-state index contributed by atoms with van der Waals surface area (Å²) in [6.45, 7) is 1.92. The van der Waals surface area contributed by atoms with E-state index in [9.17, 15) is 12.8 Å². The Balaban J connectivity index is 2.22. The number of rotatable bonds is 4. The summed E-state index contributed by atoms with van der Waals surface area (Å²) >= 11 is 1.42. The number of thiophene rings is 1. The monoisotopic (exact) mass is 346 g/mol. The molecule has 1 unspecified atom stereocenters. The first-order valence-corrected chi connectivity index (χ1v) is 9.46. The molecule has 23 heavy (non-hydrogen) atoms. The van der Waals surface area contributed by atoms with Crippen molar-refractivity contribution in [1.82, 2.24) is 0 Å². The van der Waals surface area contributed by atoms with Crippen LogP contribution in [-0.2, 0) is 9.84 Å². The number of hydrogen-bond donors (Lipinski definition) is 0. The lowest BCUT2D eigenvalue weighted by Gasteiger charge is -2.17. The molecule has 1 heterocycles. The van der Waals surface area contributed by atoms with Gasteiger partial charge in [-0.2, -0.15) is 0 Å². The molecule has 0 bridgehead atoms. The van der Waals surface area contributed by atoms with Gasteiger partial charge in [-0.1, -0.05) is 42.5 Å². The Labute approximate surface area is 139 Å². The minimum Gasteiger partial charge on any atom is -0.223 e. The molecule has 3 aromatic rings. The van der Waals surface area contributed by atoms with Gasteiger partial charge in [0.1, 0.15) is 16.0 Å². The molecular formula is C18H15FO2S2. The quantitative estimate of drug-likeness (QED) is 0.682. The molecule has 0 aliphatic rings. The van der Waals surface area contributed by atoms with E-state index in [1.165, 1.54) is 35.6 Å². The first kappa shape index (κ1) is 15.9. The van der Waals surface area contributed by atoms with E-state index in [0.717, 1.165) is 4.88 Å². The van der Waals surface area contributed by atoms with Crippen molar-refractivity contribution in [3.63, 3.8) is 0 Å². The molecule has 0 fully saturated rings. The fraction of sp³-hybridized carbons (Fsp3) is 0.111. The fourth-order valence-corrected chi connectivity index (χ4v) is 5.69. The maximum Gasteiger partial charge on any atom is 0.193 e. The molecule has 0 radical (unpaired) electrons. The summed E-state index contributed by atoms with van der Waals surface area (Å²) in [7, 11) is -3.89.